The van der Waals surface area contributed by atoms with E-state index >= 15 is 0 Å². The summed E-state index contributed by atoms with van der Waals surface area (Å²) in [6, 6.07) is 6.26. The van der Waals surface area contributed by atoms with E-state index in [1.54, 1.807) is 6.33 Å². The minimum Gasteiger partial charge on any atom is -0.353 e. The van der Waals surface area contributed by atoms with Crippen LogP contribution in [0.2, 0.25) is 5.02 Å². The van der Waals surface area contributed by atoms with Crippen LogP contribution in [0.5, 0.6) is 0 Å². The zero-order chi connectivity index (χ0) is 21.4. The summed E-state index contributed by atoms with van der Waals surface area (Å²) in [6.45, 7) is 10.7. The molecule has 0 unspecified atom stereocenters. The van der Waals surface area contributed by atoms with E-state index in [-0.39, 0.29) is 0 Å². The van der Waals surface area contributed by atoms with Crippen LogP contribution >= 0.6 is 11.6 Å². The maximum atomic E-state index is 9.63. The van der Waals surface area contributed by atoms with Gasteiger partial charge in [0.2, 0.25) is 0 Å². The van der Waals surface area contributed by atoms with Gasteiger partial charge in [0.15, 0.2) is 5.82 Å². The minimum absolute atomic E-state index is 0.549. The molecule has 9 heteroatoms. The van der Waals surface area contributed by atoms with Crippen molar-refractivity contribution in [3.63, 3.8) is 0 Å². The molecule has 30 heavy (non-hydrogen) atoms. The first-order valence-electron chi connectivity index (χ1n) is 9.81. The Labute approximate surface area is 180 Å². The summed E-state index contributed by atoms with van der Waals surface area (Å²) in [4.78, 5) is 17.8. The lowest BCUT2D eigenvalue weighted by atomic mass is 10.1. The van der Waals surface area contributed by atoms with Crippen molar-refractivity contribution in [2.75, 3.05) is 36.0 Å². The quantitative estimate of drug-likeness (QED) is 0.640. The Kier molecular flexibility index (Phi) is 5.31. The van der Waals surface area contributed by atoms with Crippen molar-refractivity contribution in [2.24, 2.45) is 0 Å². The van der Waals surface area contributed by atoms with Crippen LogP contribution in [0.1, 0.15) is 28.2 Å². The number of aromatic nitrogens is 5. The molecule has 0 N–H and O–H groups in total. The molecule has 0 aliphatic carbocycles. The van der Waals surface area contributed by atoms with Crippen LogP contribution < -0.4 is 9.80 Å². The lowest BCUT2D eigenvalue weighted by Crippen LogP contribution is -2.47. The minimum atomic E-state index is 0.549. The highest BCUT2D eigenvalue weighted by atomic mass is 35.5. The molecule has 0 aromatic carbocycles. The van der Waals surface area contributed by atoms with Crippen LogP contribution in [-0.4, -0.2) is 50.9 Å². The SMILES string of the molecule is Cc1cc(C)n(-c2cc(N3CCN(c4nc(C)c(Cl)c(C)c4C#N)CC3)ncn2)n1. The third-order valence-electron chi connectivity index (χ3n) is 5.40. The second-order valence-corrected chi connectivity index (χ2v) is 7.87. The fourth-order valence-electron chi connectivity index (χ4n) is 3.81. The molecular weight excluding hydrogens is 400 g/mol. The monoisotopic (exact) mass is 422 g/mol. The van der Waals surface area contributed by atoms with E-state index in [2.05, 4.69) is 35.9 Å². The molecule has 4 heterocycles. The molecule has 1 aliphatic rings. The number of anilines is 2. The Morgan fingerprint density at radius 1 is 0.967 bits per heavy atom. The summed E-state index contributed by atoms with van der Waals surface area (Å²) in [5.74, 6) is 2.33. The van der Waals surface area contributed by atoms with Gasteiger partial charge in [0.25, 0.3) is 0 Å². The summed E-state index contributed by atoms with van der Waals surface area (Å²) < 4.78 is 1.83. The van der Waals surface area contributed by atoms with Gasteiger partial charge in [-0.25, -0.2) is 19.6 Å². The molecule has 0 radical (unpaired) electrons. The predicted octanol–water partition coefficient (Wildman–Crippen LogP) is 3.14. The Balaban J connectivity index is 1.54. The Morgan fingerprint density at radius 3 is 2.27 bits per heavy atom. The van der Waals surface area contributed by atoms with E-state index < -0.39 is 0 Å². The lowest BCUT2D eigenvalue weighted by Gasteiger charge is -2.36. The van der Waals surface area contributed by atoms with Gasteiger partial charge in [0.1, 0.15) is 24.0 Å². The maximum absolute atomic E-state index is 9.63. The van der Waals surface area contributed by atoms with Crippen LogP contribution in [0.3, 0.4) is 0 Å². The molecule has 1 aliphatic heterocycles. The first-order valence-corrected chi connectivity index (χ1v) is 10.2. The Hall–Kier alpha value is -3.18. The first-order chi connectivity index (χ1) is 14.4. The van der Waals surface area contributed by atoms with Crippen LogP contribution in [0.4, 0.5) is 11.6 Å². The summed E-state index contributed by atoms with van der Waals surface area (Å²) in [7, 11) is 0. The van der Waals surface area contributed by atoms with Gasteiger partial charge in [-0.3, -0.25) is 0 Å². The molecule has 0 spiro atoms. The van der Waals surface area contributed by atoms with E-state index in [1.807, 2.05) is 44.5 Å². The van der Waals surface area contributed by atoms with E-state index in [0.29, 0.717) is 16.4 Å². The van der Waals surface area contributed by atoms with E-state index in [9.17, 15) is 5.26 Å². The highest BCUT2D eigenvalue weighted by molar-refractivity contribution is 6.32. The zero-order valence-corrected chi connectivity index (χ0v) is 18.3. The second kappa shape index (κ2) is 7.92. The molecule has 8 nitrogen and oxygen atoms in total. The smallest absolute Gasteiger partial charge is 0.159 e. The molecule has 1 fully saturated rings. The normalized spacial score (nSPS) is 14.1. The zero-order valence-electron chi connectivity index (χ0n) is 17.5. The molecular formula is C21H23ClN8. The largest absolute Gasteiger partial charge is 0.353 e. The Bertz CT molecular complexity index is 1140. The fraction of sp³-hybridized carbons (Fsp3) is 0.381. The van der Waals surface area contributed by atoms with Crippen molar-refractivity contribution >= 4 is 23.2 Å². The van der Waals surface area contributed by atoms with E-state index in [1.165, 1.54) is 0 Å². The van der Waals surface area contributed by atoms with Gasteiger partial charge in [0, 0.05) is 37.9 Å². The van der Waals surface area contributed by atoms with Crippen molar-refractivity contribution in [1.29, 1.82) is 5.26 Å². The topological polar surface area (TPSA) is 86.8 Å². The number of hydrogen-bond acceptors (Lipinski definition) is 7. The lowest BCUT2D eigenvalue weighted by molar-refractivity contribution is 0.638. The number of nitrogens with zero attached hydrogens (tertiary/aromatic N) is 8. The van der Waals surface area contributed by atoms with Crippen LogP contribution in [0.25, 0.3) is 5.82 Å². The third-order valence-corrected chi connectivity index (χ3v) is 5.96. The summed E-state index contributed by atoms with van der Waals surface area (Å²) in [5, 5.41) is 14.7. The second-order valence-electron chi connectivity index (χ2n) is 7.49. The van der Waals surface area contributed by atoms with E-state index in [0.717, 1.165) is 60.5 Å². The van der Waals surface area contributed by atoms with Crippen molar-refractivity contribution in [2.45, 2.75) is 27.7 Å². The number of pyridine rings is 1. The fourth-order valence-corrected chi connectivity index (χ4v) is 3.95. The predicted molar refractivity (Wildman–Crippen MR) is 116 cm³/mol. The van der Waals surface area contributed by atoms with Gasteiger partial charge < -0.3 is 9.80 Å². The highest BCUT2D eigenvalue weighted by Gasteiger charge is 2.24. The maximum Gasteiger partial charge on any atom is 0.159 e. The number of piperazine rings is 1. The van der Waals surface area contributed by atoms with Crippen molar-refractivity contribution in [3.05, 3.63) is 51.7 Å². The molecule has 0 amide bonds. The molecule has 1 saturated heterocycles. The third kappa shape index (κ3) is 3.57. The molecule has 3 aromatic rings. The number of aryl methyl sites for hydroxylation is 3. The van der Waals surface area contributed by atoms with Gasteiger partial charge >= 0.3 is 0 Å². The van der Waals surface area contributed by atoms with Gasteiger partial charge in [-0.05, 0) is 39.3 Å². The molecule has 0 saturated carbocycles. The van der Waals surface area contributed by atoms with E-state index in [4.69, 9.17) is 11.6 Å². The number of hydrogen-bond donors (Lipinski definition) is 0. The molecule has 3 aromatic heterocycles. The number of nitriles is 1. The van der Waals surface area contributed by atoms with Crippen LogP contribution in [0, 0.1) is 39.0 Å². The van der Waals surface area contributed by atoms with Crippen molar-refractivity contribution < 1.29 is 0 Å². The molecule has 0 bridgehead atoms. The van der Waals surface area contributed by atoms with Gasteiger partial charge in [-0.2, -0.15) is 10.4 Å². The molecule has 0 atom stereocenters. The first kappa shape index (κ1) is 20.1. The summed E-state index contributed by atoms with van der Waals surface area (Å²) >= 11 is 6.29. The molecule has 154 valence electrons. The standard InChI is InChI=1S/C21H23ClN8/c1-13-9-14(2)30(27-13)19-10-18(24-12-25-19)28-5-7-29(8-6-28)21-17(11-23)15(3)20(22)16(4)26-21/h9-10,12H,5-8H2,1-4H3. The summed E-state index contributed by atoms with van der Waals surface area (Å²) in [5.41, 5.74) is 4.07. The van der Waals surface area contributed by atoms with Crippen molar-refractivity contribution in [1.82, 2.24) is 24.7 Å². The van der Waals surface area contributed by atoms with Gasteiger partial charge in [-0.15, -0.1) is 0 Å². The van der Waals surface area contributed by atoms with Crippen molar-refractivity contribution in [3.8, 4) is 11.9 Å². The van der Waals surface area contributed by atoms with Crippen LogP contribution in [-0.2, 0) is 0 Å². The number of halogens is 1. The average Bonchev–Trinajstić information content (AvgIpc) is 3.10. The Morgan fingerprint density at radius 2 is 1.63 bits per heavy atom. The average molecular weight is 423 g/mol. The van der Waals surface area contributed by atoms with Gasteiger partial charge in [-0.1, -0.05) is 11.6 Å². The van der Waals surface area contributed by atoms with Gasteiger partial charge in [0.05, 0.1) is 22.0 Å². The highest BCUT2D eigenvalue weighted by Crippen LogP contribution is 2.30. The van der Waals surface area contributed by atoms with Crippen LogP contribution in [0.15, 0.2) is 18.5 Å². The number of rotatable bonds is 3. The summed E-state index contributed by atoms with van der Waals surface area (Å²) in [6.07, 6.45) is 1.58. The molecule has 4 rings (SSSR count).